The zero-order valence-electron chi connectivity index (χ0n) is 17.7. The predicted molar refractivity (Wildman–Crippen MR) is 119 cm³/mol. The first-order chi connectivity index (χ1) is 15.7. The number of nitrogens with zero attached hydrogens (tertiary/aromatic N) is 4. The Morgan fingerprint density at radius 1 is 1.12 bits per heavy atom. The molecule has 0 aliphatic carbocycles. The van der Waals surface area contributed by atoms with Crippen LogP contribution in [0.2, 0.25) is 0 Å². The molecule has 2 aromatic heterocycles. The monoisotopic (exact) mass is 471 g/mol. The number of carbonyl (C=O) groups is 1. The summed E-state index contributed by atoms with van der Waals surface area (Å²) in [4.78, 5) is 25.9. The van der Waals surface area contributed by atoms with Crippen molar-refractivity contribution < 1.29 is 22.0 Å². The molecule has 0 radical (unpaired) electrons. The average Bonchev–Trinajstić information content (AvgIpc) is 3.20. The van der Waals surface area contributed by atoms with Crippen LogP contribution in [-0.2, 0) is 10.0 Å². The molecule has 0 fully saturated rings. The van der Waals surface area contributed by atoms with Crippen LogP contribution >= 0.6 is 0 Å². The van der Waals surface area contributed by atoms with Crippen molar-refractivity contribution in [1.82, 2.24) is 19.5 Å². The summed E-state index contributed by atoms with van der Waals surface area (Å²) in [6.07, 6.45) is 5.16. The summed E-state index contributed by atoms with van der Waals surface area (Å²) in [5.74, 6) is -2.43. The van der Waals surface area contributed by atoms with Crippen molar-refractivity contribution in [2.75, 3.05) is 10.5 Å². The van der Waals surface area contributed by atoms with Gasteiger partial charge in [-0.05, 0) is 43.7 Å². The Kier molecular flexibility index (Phi) is 5.90. The van der Waals surface area contributed by atoms with Crippen molar-refractivity contribution in [1.29, 1.82) is 0 Å². The lowest BCUT2D eigenvalue weighted by Gasteiger charge is -2.12. The number of carbonyl (C=O) groups excluding carboxylic acids is 1. The quantitative estimate of drug-likeness (QED) is 0.411. The molecular formula is C22H19F2N5O3S. The van der Waals surface area contributed by atoms with Gasteiger partial charge in [-0.2, -0.15) is 0 Å². The summed E-state index contributed by atoms with van der Waals surface area (Å²) in [6, 6.07) is 6.08. The van der Waals surface area contributed by atoms with E-state index in [2.05, 4.69) is 19.7 Å². The summed E-state index contributed by atoms with van der Waals surface area (Å²) in [5.41, 5.74) is -0.558. The van der Waals surface area contributed by atoms with Crippen LogP contribution in [0, 0.1) is 18.6 Å². The number of anilines is 1. The number of imidazole rings is 1. The van der Waals surface area contributed by atoms with Crippen LogP contribution in [0.25, 0.3) is 16.9 Å². The Morgan fingerprint density at radius 3 is 2.61 bits per heavy atom. The number of rotatable bonds is 7. The van der Waals surface area contributed by atoms with Crippen LogP contribution in [0.4, 0.5) is 14.5 Å². The fraction of sp³-hybridized carbons (Fsp3) is 0.182. The number of nitrogens with one attached hydrogen (secondary N) is 1. The van der Waals surface area contributed by atoms with Gasteiger partial charge in [-0.15, -0.1) is 0 Å². The average molecular weight is 471 g/mol. The Morgan fingerprint density at radius 2 is 1.91 bits per heavy atom. The Hall–Kier alpha value is -3.73. The molecule has 0 spiro atoms. The van der Waals surface area contributed by atoms with E-state index >= 15 is 4.39 Å². The van der Waals surface area contributed by atoms with Gasteiger partial charge in [-0.25, -0.2) is 27.2 Å². The Bertz CT molecular complexity index is 1480. The first-order valence-electron chi connectivity index (χ1n) is 10.0. The van der Waals surface area contributed by atoms with Crippen LogP contribution in [0.5, 0.6) is 0 Å². The van der Waals surface area contributed by atoms with Crippen LogP contribution in [-0.4, -0.2) is 39.5 Å². The van der Waals surface area contributed by atoms with Crippen molar-refractivity contribution in [3.63, 3.8) is 0 Å². The van der Waals surface area contributed by atoms with Crippen LogP contribution in [0.3, 0.4) is 0 Å². The molecule has 0 atom stereocenters. The number of sulfonamides is 1. The van der Waals surface area contributed by atoms with Gasteiger partial charge >= 0.3 is 0 Å². The second-order valence-corrected chi connectivity index (χ2v) is 9.15. The molecule has 11 heteroatoms. The molecule has 0 saturated heterocycles. The van der Waals surface area contributed by atoms with Gasteiger partial charge in [0.2, 0.25) is 10.0 Å². The third kappa shape index (κ3) is 4.44. The molecule has 0 bridgehead atoms. The largest absolute Gasteiger partial charge is 0.288 e. The predicted octanol–water partition coefficient (Wildman–Crippen LogP) is 3.78. The van der Waals surface area contributed by atoms with Crippen LogP contribution in [0.15, 0.2) is 48.9 Å². The topological polar surface area (TPSA) is 107 Å². The molecule has 0 amide bonds. The molecular weight excluding hydrogens is 452 g/mol. The van der Waals surface area contributed by atoms with Crippen molar-refractivity contribution in [3.05, 3.63) is 77.5 Å². The molecule has 33 heavy (non-hydrogen) atoms. The highest BCUT2D eigenvalue weighted by molar-refractivity contribution is 7.92. The van der Waals surface area contributed by atoms with E-state index in [9.17, 15) is 17.6 Å². The molecule has 0 aliphatic heterocycles. The number of halogens is 2. The van der Waals surface area contributed by atoms with E-state index in [-0.39, 0.29) is 11.3 Å². The molecule has 2 aromatic carbocycles. The van der Waals surface area contributed by atoms with Gasteiger partial charge in [0, 0.05) is 18.0 Å². The molecule has 0 aliphatic rings. The molecule has 1 N–H and O–H groups in total. The lowest BCUT2D eigenvalue weighted by atomic mass is 10.0. The first kappa shape index (κ1) is 22.5. The number of hydrogen-bond acceptors (Lipinski definition) is 6. The highest BCUT2D eigenvalue weighted by Gasteiger charge is 2.24. The fourth-order valence-electron chi connectivity index (χ4n) is 3.35. The van der Waals surface area contributed by atoms with Crippen molar-refractivity contribution in [2.45, 2.75) is 20.3 Å². The standard InChI is InChI=1S/C22H19F2N5O3S/c1-3-10-33(31,32)28-17-7-5-15(23)20(21(17)24)22(30)14-4-6-16-18(11-14)27-19(12-26-16)29-9-8-25-13(29)2/h4-9,11-12,28H,3,10H2,1-2H3. The Balaban J connectivity index is 1.75. The van der Waals surface area contributed by atoms with Gasteiger partial charge in [-0.1, -0.05) is 6.92 Å². The Labute approximate surface area is 188 Å². The number of hydrogen-bond donors (Lipinski definition) is 1. The summed E-state index contributed by atoms with van der Waals surface area (Å²) < 4.78 is 57.3. The zero-order valence-corrected chi connectivity index (χ0v) is 18.5. The fourth-order valence-corrected chi connectivity index (χ4v) is 4.48. The minimum absolute atomic E-state index is 0.0253. The third-order valence-electron chi connectivity index (χ3n) is 4.92. The molecule has 4 aromatic rings. The smallest absolute Gasteiger partial charge is 0.232 e. The summed E-state index contributed by atoms with van der Waals surface area (Å²) >= 11 is 0. The van der Waals surface area contributed by atoms with Crippen molar-refractivity contribution in [2.24, 2.45) is 0 Å². The molecule has 8 nitrogen and oxygen atoms in total. The maximum atomic E-state index is 15.0. The van der Waals surface area contributed by atoms with E-state index in [0.29, 0.717) is 29.1 Å². The number of aryl methyl sites for hydroxylation is 1. The lowest BCUT2D eigenvalue weighted by molar-refractivity contribution is 0.103. The van der Waals surface area contributed by atoms with Crippen LogP contribution in [0.1, 0.15) is 35.1 Å². The van der Waals surface area contributed by atoms with E-state index in [1.54, 1.807) is 37.0 Å². The van der Waals surface area contributed by atoms with Gasteiger partial charge in [0.05, 0.1) is 34.2 Å². The van der Waals surface area contributed by atoms with Crippen molar-refractivity contribution >= 4 is 32.5 Å². The highest BCUT2D eigenvalue weighted by Crippen LogP contribution is 2.26. The minimum atomic E-state index is -3.84. The normalized spacial score (nSPS) is 11.6. The van der Waals surface area contributed by atoms with Gasteiger partial charge in [0.1, 0.15) is 11.6 Å². The molecule has 4 rings (SSSR count). The van der Waals surface area contributed by atoms with Crippen LogP contribution < -0.4 is 4.72 Å². The van der Waals surface area contributed by atoms with E-state index in [1.165, 1.54) is 18.2 Å². The molecule has 2 heterocycles. The second-order valence-electron chi connectivity index (χ2n) is 7.31. The number of fused-ring (bicyclic) bond motifs is 1. The molecule has 0 saturated carbocycles. The maximum absolute atomic E-state index is 15.0. The summed E-state index contributed by atoms with van der Waals surface area (Å²) in [6.45, 7) is 3.44. The van der Waals surface area contributed by atoms with E-state index in [0.717, 1.165) is 12.1 Å². The first-order valence-corrected chi connectivity index (χ1v) is 11.7. The molecule has 0 unspecified atom stereocenters. The van der Waals surface area contributed by atoms with E-state index < -0.39 is 38.7 Å². The van der Waals surface area contributed by atoms with Crippen molar-refractivity contribution in [3.8, 4) is 5.82 Å². The second kappa shape index (κ2) is 8.66. The third-order valence-corrected chi connectivity index (χ3v) is 6.40. The number of aromatic nitrogens is 4. The van der Waals surface area contributed by atoms with E-state index in [4.69, 9.17) is 0 Å². The number of benzene rings is 2. The number of ketones is 1. The SMILES string of the molecule is CCCS(=O)(=O)Nc1ccc(F)c(C(=O)c2ccc3ncc(-n4ccnc4C)nc3c2)c1F. The lowest BCUT2D eigenvalue weighted by Crippen LogP contribution is -2.18. The van der Waals surface area contributed by atoms with Gasteiger partial charge in [-0.3, -0.25) is 19.1 Å². The maximum Gasteiger partial charge on any atom is 0.232 e. The van der Waals surface area contributed by atoms with E-state index in [1.807, 2.05) is 0 Å². The highest BCUT2D eigenvalue weighted by atomic mass is 32.2. The summed E-state index contributed by atoms with van der Waals surface area (Å²) in [5, 5.41) is 0. The van der Waals surface area contributed by atoms with Gasteiger partial charge in [0.25, 0.3) is 0 Å². The molecule has 170 valence electrons. The minimum Gasteiger partial charge on any atom is -0.288 e. The summed E-state index contributed by atoms with van der Waals surface area (Å²) in [7, 11) is -3.84. The van der Waals surface area contributed by atoms with Gasteiger partial charge < -0.3 is 0 Å². The zero-order chi connectivity index (χ0) is 23.8. The van der Waals surface area contributed by atoms with Gasteiger partial charge in [0.15, 0.2) is 17.4 Å².